The van der Waals surface area contributed by atoms with Crippen LogP contribution in [0.25, 0.3) is 17.1 Å². The monoisotopic (exact) mass is 577 g/mol. The Labute approximate surface area is 242 Å². The van der Waals surface area contributed by atoms with E-state index in [0.29, 0.717) is 51.9 Å². The number of aromatic nitrogens is 3. The lowest BCUT2D eigenvalue weighted by atomic mass is 10.1. The fourth-order valence-corrected chi connectivity index (χ4v) is 4.70. The van der Waals surface area contributed by atoms with E-state index in [9.17, 15) is 4.79 Å². The van der Waals surface area contributed by atoms with E-state index in [1.165, 1.54) is 18.0 Å². The molecule has 1 heterocycles. The van der Waals surface area contributed by atoms with Gasteiger partial charge in [-0.1, -0.05) is 30.0 Å². The Morgan fingerprint density at radius 2 is 1.61 bits per heavy atom. The first-order valence-corrected chi connectivity index (χ1v) is 13.6. The fraction of sp³-hybridized carbons (Fsp3) is 0.241. The van der Waals surface area contributed by atoms with Crippen LogP contribution in [0.4, 0.5) is 0 Å². The van der Waals surface area contributed by atoms with Crippen LogP contribution in [0, 0.1) is 0 Å². The highest BCUT2D eigenvalue weighted by atomic mass is 32.2. The van der Waals surface area contributed by atoms with Gasteiger partial charge >= 0.3 is 0 Å². The van der Waals surface area contributed by atoms with Crippen LogP contribution >= 0.6 is 11.8 Å². The zero-order chi connectivity index (χ0) is 29.2. The normalized spacial score (nSPS) is 10.9. The fourth-order valence-electron chi connectivity index (χ4n) is 3.95. The van der Waals surface area contributed by atoms with Gasteiger partial charge in [-0.2, -0.15) is 5.10 Å². The first-order chi connectivity index (χ1) is 20.0. The molecule has 0 aliphatic heterocycles. The lowest BCUT2D eigenvalue weighted by Crippen LogP contribution is -2.20. The molecular formula is C29H31N5O6S. The number of methoxy groups -OCH3 is 4. The molecule has 11 nitrogen and oxygen atoms in total. The Balaban J connectivity index is 1.54. The van der Waals surface area contributed by atoms with Gasteiger partial charge in [0.15, 0.2) is 34.0 Å². The minimum absolute atomic E-state index is 0.0597. The molecule has 0 fully saturated rings. The predicted octanol–water partition coefficient (Wildman–Crippen LogP) is 4.61. The van der Waals surface area contributed by atoms with Crippen molar-refractivity contribution in [1.29, 1.82) is 0 Å². The molecule has 0 aliphatic carbocycles. The second-order valence-electron chi connectivity index (χ2n) is 8.32. The highest BCUT2D eigenvalue weighted by Gasteiger charge is 2.21. The molecule has 0 bridgehead atoms. The molecule has 1 aromatic heterocycles. The van der Waals surface area contributed by atoms with Gasteiger partial charge in [0.1, 0.15) is 0 Å². The number of nitrogens with one attached hydrogen (secondary N) is 1. The number of thioether (sulfide) groups is 1. The van der Waals surface area contributed by atoms with Crippen molar-refractivity contribution < 1.29 is 28.5 Å². The summed E-state index contributed by atoms with van der Waals surface area (Å²) in [6.07, 6.45) is 1.54. The summed E-state index contributed by atoms with van der Waals surface area (Å²) in [7, 11) is 6.22. The molecular weight excluding hydrogens is 546 g/mol. The van der Waals surface area contributed by atoms with Gasteiger partial charge in [-0.25, -0.2) is 5.43 Å². The maximum absolute atomic E-state index is 12.6. The van der Waals surface area contributed by atoms with E-state index in [0.717, 1.165) is 11.3 Å². The van der Waals surface area contributed by atoms with Gasteiger partial charge < -0.3 is 23.7 Å². The number of amides is 1. The number of carbonyl (C=O) groups excluding carboxylic acids is 1. The Hall–Kier alpha value is -4.71. The summed E-state index contributed by atoms with van der Waals surface area (Å²) >= 11 is 1.23. The summed E-state index contributed by atoms with van der Waals surface area (Å²) in [6.45, 7) is 2.43. The lowest BCUT2D eigenvalue weighted by Gasteiger charge is -2.15. The molecule has 41 heavy (non-hydrogen) atoms. The smallest absolute Gasteiger partial charge is 0.250 e. The van der Waals surface area contributed by atoms with Crippen LogP contribution in [0.1, 0.15) is 12.5 Å². The molecule has 0 radical (unpaired) electrons. The first kappa shape index (κ1) is 29.3. The zero-order valence-corrected chi connectivity index (χ0v) is 24.2. The second kappa shape index (κ2) is 14.1. The predicted molar refractivity (Wildman–Crippen MR) is 157 cm³/mol. The quantitative estimate of drug-likeness (QED) is 0.138. The van der Waals surface area contributed by atoms with E-state index in [2.05, 4.69) is 20.7 Å². The third kappa shape index (κ3) is 6.90. The Morgan fingerprint density at radius 3 is 2.24 bits per heavy atom. The number of ether oxygens (including phenoxy) is 5. The molecule has 3 aromatic carbocycles. The van der Waals surface area contributed by atoms with Gasteiger partial charge in [-0.15, -0.1) is 10.2 Å². The van der Waals surface area contributed by atoms with Crippen LogP contribution in [-0.2, 0) is 4.79 Å². The van der Waals surface area contributed by atoms with E-state index in [-0.39, 0.29) is 11.7 Å². The van der Waals surface area contributed by atoms with Crippen LogP contribution < -0.4 is 29.1 Å². The highest BCUT2D eigenvalue weighted by molar-refractivity contribution is 7.99. The Bertz CT molecular complexity index is 1480. The van der Waals surface area contributed by atoms with Crippen molar-refractivity contribution in [3.63, 3.8) is 0 Å². The van der Waals surface area contributed by atoms with E-state index >= 15 is 0 Å². The van der Waals surface area contributed by atoms with Crippen molar-refractivity contribution >= 4 is 23.9 Å². The summed E-state index contributed by atoms with van der Waals surface area (Å²) < 4.78 is 29.3. The average Bonchev–Trinajstić information content (AvgIpc) is 3.44. The van der Waals surface area contributed by atoms with E-state index in [4.69, 9.17) is 23.7 Å². The average molecular weight is 578 g/mol. The molecule has 0 atom stereocenters. The lowest BCUT2D eigenvalue weighted by molar-refractivity contribution is -0.118. The largest absolute Gasteiger partial charge is 0.493 e. The third-order valence-corrected chi connectivity index (χ3v) is 6.72. The van der Waals surface area contributed by atoms with Crippen molar-refractivity contribution in [2.75, 3.05) is 40.8 Å². The van der Waals surface area contributed by atoms with Crippen molar-refractivity contribution in [2.45, 2.75) is 12.1 Å². The van der Waals surface area contributed by atoms with Crippen LogP contribution in [-0.4, -0.2) is 67.7 Å². The summed E-state index contributed by atoms with van der Waals surface area (Å²) in [6, 6.07) is 18.6. The van der Waals surface area contributed by atoms with Crippen LogP contribution in [0.5, 0.6) is 28.7 Å². The number of benzene rings is 3. The van der Waals surface area contributed by atoms with Crippen LogP contribution in [0.15, 0.2) is 70.9 Å². The minimum Gasteiger partial charge on any atom is -0.493 e. The molecule has 4 rings (SSSR count). The van der Waals surface area contributed by atoms with Crippen molar-refractivity contribution in [1.82, 2.24) is 20.2 Å². The first-order valence-electron chi connectivity index (χ1n) is 12.6. The molecule has 0 spiro atoms. The topological polar surface area (TPSA) is 118 Å². The summed E-state index contributed by atoms with van der Waals surface area (Å²) in [5.41, 5.74) is 4.82. The number of hydrogen-bond acceptors (Lipinski definition) is 10. The number of para-hydroxylation sites is 1. The molecule has 4 aromatic rings. The summed E-state index contributed by atoms with van der Waals surface area (Å²) in [5.74, 6) is 2.97. The maximum atomic E-state index is 12.6. The number of nitrogens with zero attached hydrogens (tertiary/aromatic N) is 4. The van der Waals surface area contributed by atoms with Gasteiger partial charge in [0.05, 0.1) is 47.0 Å². The van der Waals surface area contributed by atoms with Crippen molar-refractivity contribution in [3.8, 4) is 45.8 Å². The van der Waals surface area contributed by atoms with Crippen LogP contribution in [0.3, 0.4) is 0 Å². The molecule has 0 aliphatic rings. The van der Waals surface area contributed by atoms with Gasteiger partial charge in [0.25, 0.3) is 5.91 Å². The van der Waals surface area contributed by atoms with Gasteiger partial charge in [0.2, 0.25) is 5.75 Å². The Morgan fingerprint density at radius 1 is 0.902 bits per heavy atom. The highest BCUT2D eigenvalue weighted by Crippen LogP contribution is 2.41. The van der Waals surface area contributed by atoms with Gasteiger partial charge in [0, 0.05) is 11.3 Å². The third-order valence-electron chi connectivity index (χ3n) is 5.79. The van der Waals surface area contributed by atoms with Gasteiger partial charge in [-0.05, 0) is 55.0 Å². The number of hydrogen-bond donors (Lipinski definition) is 1. The maximum Gasteiger partial charge on any atom is 0.250 e. The zero-order valence-electron chi connectivity index (χ0n) is 23.4. The van der Waals surface area contributed by atoms with E-state index < -0.39 is 0 Å². The molecule has 12 heteroatoms. The number of hydrazone groups is 1. The molecule has 1 N–H and O–H groups in total. The minimum atomic E-state index is -0.305. The number of carbonyl (C=O) groups is 1. The SMILES string of the molecule is CCOc1ccc(C=NNC(=O)CSc2nnc(-c3cc(OC)c(OC)c(OC)c3)n2-c2ccccc2)cc1OC. The molecule has 0 saturated carbocycles. The van der Waals surface area contributed by atoms with Crippen molar-refractivity contribution in [2.24, 2.45) is 5.10 Å². The summed E-state index contributed by atoms with van der Waals surface area (Å²) in [5, 5.41) is 13.4. The van der Waals surface area contributed by atoms with E-state index in [1.807, 2.05) is 47.9 Å². The molecule has 0 unspecified atom stereocenters. The van der Waals surface area contributed by atoms with Crippen LogP contribution in [0.2, 0.25) is 0 Å². The second-order valence-corrected chi connectivity index (χ2v) is 9.26. The molecule has 1 amide bonds. The number of rotatable bonds is 13. The Kier molecular flexibility index (Phi) is 10.1. The van der Waals surface area contributed by atoms with E-state index in [1.54, 1.807) is 52.7 Å². The summed E-state index contributed by atoms with van der Waals surface area (Å²) in [4.78, 5) is 12.6. The molecule has 0 saturated heterocycles. The van der Waals surface area contributed by atoms with Crippen molar-refractivity contribution in [3.05, 3.63) is 66.2 Å². The standard InChI is InChI=1S/C29H31N5O6S/c1-6-40-22-13-12-19(14-23(22)36-2)17-30-31-26(35)18-41-29-33-32-28(34(29)21-10-8-7-9-11-21)20-15-24(37-3)27(39-5)25(16-20)38-4/h7-17H,6,18H2,1-5H3,(H,31,35). The molecule has 214 valence electrons. The van der Waals surface area contributed by atoms with Gasteiger partial charge in [-0.3, -0.25) is 9.36 Å².